The molecule has 0 bridgehead atoms. The molecule has 0 radical (unpaired) electrons. The Morgan fingerprint density at radius 2 is 2.16 bits per heavy atom. The SMILES string of the molecule is CCn1c(-c2ccc(F)cc2O)nc2cnccc21. The third kappa shape index (κ3) is 1.83. The summed E-state index contributed by atoms with van der Waals surface area (Å²) in [4.78, 5) is 8.50. The fourth-order valence-corrected chi connectivity index (χ4v) is 2.20. The van der Waals surface area contributed by atoms with E-state index in [1.807, 2.05) is 17.6 Å². The number of imidazole rings is 1. The van der Waals surface area contributed by atoms with Gasteiger partial charge in [-0.15, -0.1) is 0 Å². The van der Waals surface area contributed by atoms with Gasteiger partial charge in [0.05, 0.1) is 17.3 Å². The molecule has 2 aromatic heterocycles. The average molecular weight is 257 g/mol. The van der Waals surface area contributed by atoms with E-state index in [9.17, 15) is 9.50 Å². The molecule has 0 aliphatic heterocycles. The van der Waals surface area contributed by atoms with E-state index in [-0.39, 0.29) is 5.75 Å². The van der Waals surface area contributed by atoms with Gasteiger partial charge in [0.25, 0.3) is 0 Å². The fourth-order valence-electron chi connectivity index (χ4n) is 2.20. The summed E-state index contributed by atoms with van der Waals surface area (Å²) in [5.74, 6) is 0.0306. The zero-order chi connectivity index (χ0) is 13.4. The second-order valence-electron chi connectivity index (χ2n) is 4.21. The van der Waals surface area contributed by atoms with Crippen LogP contribution in [0.15, 0.2) is 36.7 Å². The summed E-state index contributed by atoms with van der Waals surface area (Å²) in [6.45, 7) is 2.69. The minimum atomic E-state index is -0.470. The van der Waals surface area contributed by atoms with Gasteiger partial charge in [-0.1, -0.05) is 0 Å². The minimum absolute atomic E-state index is 0.113. The number of rotatable bonds is 2. The van der Waals surface area contributed by atoms with Crippen molar-refractivity contribution in [2.75, 3.05) is 0 Å². The number of hydrogen-bond donors (Lipinski definition) is 1. The lowest BCUT2D eigenvalue weighted by molar-refractivity contribution is 0.470. The van der Waals surface area contributed by atoms with Gasteiger partial charge in [0, 0.05) is 18.8 Å². The van der Waals surface area contributed by atoms with Crippen LogP contribution in [0.25, 0.3) is 22.4 Å². The maximum Gasteiger partial charge on any atom is 0.144 e. The van der Waals surface area contributed by atoms with Crippen molar-refractivity contribution in [3.05, 3.63) is 42.5 Å². The molecule has 3 aromatic rings. The van der Waals surface area contributed by atoms with Crippen LogP contribution in [0, 0.1) is 5.82 Å². The normalized spacial score (nSPS) is 11.1. The van der Waals surface area contributed by atoms with E-state index >= 15 is 0 Å². The topological polar surface area (TPSA) is 50.9 Å². The molecule has 0 fully saturated rings. The molecule has 0 unspecified atom stereocenters. The van der Waals surface area contributed by atoms with Crippen molar-refractivity contribution in [2.24, 2.45) is 0 Å². The van der Waals surface area contributed by atoms with E-state index in [4.69, 9.17) is 0 Å². The van der Waals surface area contributed by atoms with Crippen LogP contribution in [0.1, 0.15) is 6.92 Å². The maximum absolute atomic E-state index is 13.1. The van der Waals surface area contributed by atoms with Crippen molar-refractivity contribution in [3.63, 3.8) is 0 Å². The predicted molar refractivity (Wildman–Crippen MR) is 70.3 cm³/mol. The number of fused-ring (bicyclic) bond motifs is 1. The minimum Gasteiger partial charge on any atom is -0.507 e. The van der Waals surface area contributed by atoms with Gasteiger partial charge in [-0.2, -0.15) is 0 Å². The monoisotopic (exact) mass is 257 g/mol. The Balaban J connectivity index is 2.30. The van der Waals surface area contributed by atoms with Crippen molar-refractivity contribution in [1.82, 2.24) is 14.5 Å². The van der Waals surface area contributed by atoms with E-state index in [1.165, 1.54) is 12.1 Å². The van der Waals surface area contributed by atoms with Crippen molar-refractivity contribution in [3.8, 4) is 17.1 Å². The molecule has 0 spiro atoms. The summed E-state index contributed by atoms with van der Waals surface area (Å²) in [5.41, 5.74) is 2.21. The summed E-state index contributed by atoms with van der Waals surface area (Å²) in [5, 5.41) is 9.88. The van der Waals surface area contributed by atoms with Crippen LogP contribution in [0.4, 0.5) is 4.39 Å². The highest BCUT2D eigenvalue weighted by Crippen LogP contribution is 2.31. The standard InChI is InChI=1S/C14H12FN3O/c1-2-18-12-5-6-16-8-11(12)17-14(18)10-4-3-9(15)7-13(10)19/h3-8,19H,2H2,1H3. The zero-order valence-electron chi connectivity index (χ0n) is 10.3. The first-order valence-electron chi connectivity index (χ1n) is 6.00. The first kappa shape index (κ1) is 11.6. The predicted octanol–water partition coefficient (Wildman–Crippen LogP) is 2.96. The Hall–Kier alpha value is -2.43. The number of hydrogen-bond acceptors (Lipinski definition) is 3. The van der Waals surface area contributed by atoms with Gasteiger partial charge in [-0.3, -0.25) is 4.98 Å². The fraction of sp³-hybridized carbons (Fsp3) is 0.143. The molecule has 0 saturated heterocycles. The summed E-state index contributed by atoms with van der Waals surface area (Å²) < 4.78 is 15.0. The molecule has 5 heteroatoms. The molecule has 1 N–H and O–H groups in total. The van der Waals surface area contributed by atoms with Gasteiger partial charge >= 0.3 is 0 Å². The quantitative estimate of drug-likeness (QED) is 0.767. The van der Waals surface area contributed by atoms with Gasteiger partial charge in [0.15, 0.2) is 0 Å². The number of benzene rings is 1. The van der Waals surface area contributed by atoms with Crippen LogP contribution in [-0.2, 0) is 6.54 Å². The van der Waals surface area contributed by atoms with Gasteiger partial charge in [0.2, 0.25) is 0 Å². The van der Waals surface area contributed by atoms with Gasteiger partial charge in [-0.25, -0.2) is 9.37 Å². The van der Waals surface area contributed by atoms with Crippen LogP contribution in [-0.4, -0.2) is 19.6 Å². The van der Waals surface area contributed by atoms with E-state index in [1.54, 1.807) is 12.4 Å². The molecule has 0 aliphatic rings. The second-order valence-corrected chi connectivity index (χ2v) is 4.21. The maximum atomic E-state index is 13.1. The van der Waals surface area contributed by atoms with Gasteiger partial charge in [-0.05, 0) is 25.1 Å². The first-order chi connectivity index (χ1) is 9.20. The van der Waals surface area contributed by atoms with E-state index < -0.39 is 5.82 Å². The molecule has 96 valence electrons. The first-order valence-corrected chi connectivity index (χ1v) is 6.00. The lowest BCUT2D eigenvalue weighted by Crippen LogP contribution is -1.97. The molecule has 3 rings (SSSR count). The molecule has 1 aromatic carbocycles. The van der Waals surface area contributed by atoms with E-state index in [0.29, 0.717) is 17.9 Å². The smallest absolute Gasteiger partial charge is 0.144 e. The Kier molecular flexibility index (Phi) is 2.67. The lowest BCUT2D eigenvalue weighted by atomic mass is 10.2. The van der Waals surface area contributed by atoms with Crippen molar-refractivity contribution >= 4 is 11.0 Å². The Morgan fingerprint density at radius 1 is 1.32 bits per heavy atom. The Morgan fingerprint density at radius 3 is 2.89 bits per heavy atom. The largest absolute Gasteiger partial charge is 0.507 e. The highest BCUT2D eigenvalue weighted by Gasteiger charge is 2.14. The third-order valence-corrected chi connectivity index (χ3v) is 3.07. The highest BCUT2D eigenvalue weighted by molar-refractivity contribution is 5.81. The van der Waals surface area contributed by atoms with Crippen LogP contribution in [0.5, 0.6) is 5.75 Å². The molecule has 0 aliphatic carbocycles. The highest BCUT2D eigenvalue weighted by atomic mass is 19.1. The number of phenolic OH excluding ortho intramolecular Hbond substituents is 1. The third-order valence-electron chi connectivity index (χ3n) is 3.07. The molecule has 19 heavy (non-hydrogen) atoms. The molecular formula is C14H12FN3O. The molecule has 0 saturated carbocycles. The number of pyridine rings is 1. The van der Waals surface area contributed by atoms with Crippen molar-refractivity contribution < 1.29 is 9.50 Å². The summed E-state index contributed by atoms with van der Waals surface area (Å²) in [6, 6.07) is 5.81. The van der Waals surface area contributed by atoms with Crippen LogP contribution in [0.3, 0.4) is 0 Å². The van der Waals surface area contributed by atoms with E-state index in [0.717, 1.165) is 17.1 Å². The Bertz CT molecular complexity index is 752. The molecule has 0 atom stereocenters. The lowest BCUT2D eigenvalue weighted by Gasteiger charge is -2.07. The van der Waals surface area contributed by atoms with Crippen LogP contribution in [0.2, 0.25) is 0 Å². The van der Waals surface area contributed by atoms with Gasteiger partial charge < -0.3 is 9.67 Å². The summed E-state index contributed by atoms with van der Waals surface area (Å²) in [6.07, 6.45) is 3.37. The molecule has 0 amide bonds. The average Bonchev–Trinajstić information content (AvgIpc) is 2.76. The Labute approximate surface area is 109 Å². The number of phenols is 1. The summed E-state index contributed by atoms with van der Waals surface area (Å²) in [7, 11) is 0. The van der Waals surface area contributed by atoms with Crippen molar-refractivity contribution in [2.45, 2.75) is 13.5 Å². The second kappa shape index (κ2) is 4.35. The number of aromatic hydroxyl groups is 1. The number of aromatic nitrogens is 3. The molecule has 2 heterocycles. The number of halogens is 1. The summed E-state index contributed by atoms with van der Waals surface area (Å²) >= 11 is 0. The molecular weight excluding hydrogens is 245 g/mol. The molecule has 4 nitrogen and oxygen atoms in total. The van der Waals surface area contributed by atoms with Crippen LogP contribution < -0.4 is 0 Å². The van der Waals surface area contributed by atoms with Crippen LogP contribution >= 0.6 is 0 Å². The number of aryl methyl sites for hydroxylation is 1. The van der Waals surface area contributed by atoms with Crippen molar-refractivity contribution in [1.29, 1.82) is 0 Å². The van der Waals surface area contributed by atoms with Gasteiger partial charge in [0.1, 0.15) is 22.9 Å². The van der Waals surface area contributed by atoms with E-state index in [2.05, 4.69) is 9.97 Å². The number of nitrogens with zero attached hydrogens (tertiary/aromatic N) is 3. The zero-order valence-corrected chi connectivity index (χ0v) is 10.3.